The second kappa shape index (κ2) is 5.44. The maximum atomic E-state index is 12.8. The molecule has 2 aromatic rings. The van der Waals surface area contributed by atoms with E-state index in [9.17, 15) is 9.18 Å². The molecule has 0 saturated carbocycles. The standard InChI is InChI=1S/C15H13FN2O/c1-11(10-18-9-3-2-4-14(18)17)15(19)12-5-7-13(16)8-6-12/h2-10,17H,1H3/b11-10+,17-14?. The number of hydrogen-bond donors (Lipinski definition) is 1. The van der Waals surface area contributed by atoms with Crippen LogP contribution in [0.5, 0.6) is 0 Å². The molecule has 0 atom stereocenters. The lowest BCUT2D eigenvalue weighted by Crippen LogP contribution is -2.14. The first kappa shape index (κ1) is 13.0. The van der Waals surface area contributed by atoms with Crippen LogP contribution in [0.15, 0.2) is 54.2 Å². The molecule has 19 heavy (non-hydrogen) atoms. The van der Waals surface area contributed by atoms with Gasteiger partial charge in [-0.25, -0.2) is 4.39 Å². The average Bonchev–Trinajstić information content (AvgIpc) is 2.41. The Morgan fingerprint density at radius 2 is 1.89 bits per heavy atom. The predicted molar refractivity (Wildman–Crippen MR) is 71.0 cm³/mol. The number of ketones is 1. The summed E-state index contributed by atoms with van der Waals surface area (Å²) in [5.41, 5.74) is 1.20. The number of nitrogens with one attached hydrogen (secondary N) is 1. The number of pyridine rings is 1. The van der Waals surface area contributed by atoms with Crippen molar-refractivity contribution in [1.29, 1.82) is 5.41 Å². The van der Waals surface area contributed by atoms with Gasteiger partial charge in [-0.3, -0.25) is 10.2 Å². The van der Waals surface area contributed by atoms with Crippen molar-refractivity contribution < 1.29 is 9.18 Å². The highest BCUT2D eigenvalue weighted by Crippen LogP contribution is 2.09. The van der Waals surface area contributed by atoms with Crippen LogP contribution < -0.4 is 5.49 Å². The monoisotopic (exact) mass is 256 g/mol. The Kier molecular flexibility index (Phi) is 3.71. The van der Waals surface area contributed by atoms with E-state index in [1.807, 2.05) is 0 Å². The fourth-order valence-electron chi connectivity index (χ4n) is 1.66. The van der Waals surface area contributed by atoms with Gasteiger partial charge in [0, 0.05) is 23.5 Å². The summed E-state index contributed by atoms with van der Waals surface area (Å²) in [6.45, 7) is 1.67. The SMILES string of the molecule is C/C(=C\n1ccccc1=N)C(=O)c1ccc(F)cc1. The van der Waals surface area contributed by atoms with E-state index in [2.05, 4.69) is 0 Å². The van der Waals surface area contributed by atoms with Crippen molar-refractivity contribution in [2.75, 3.05) is 0 Å². The van der Waals surface area contributed by atoms with Crippen LogP contribution in [-0.4, -0.2) is 10.4 Å². The van der Waals surface area contributed by atoms with Crippen LogP contribution in [0.1, 0.15) is 17.3 Å². The normalized spacial score (nSPS) is 11.4. The van der Waals surface area contributed by atoms with Crippen LogP contribution in [0.3, 0.4) is 0 Å². The predicted octanol–water partition coefficient (Wildman–Crippen LogP) is 2.85. The molecule has 0 spiro atoms. The molecule has 3 nitrogen and oxygen atoms in total. The van der Waals surface area contributed by atoms with Crippen molar-refractivity contribution in [3.05, 3.63) is 71.1 Å². The number of nitrogens with zero attached hydrogens (tertiary/aromatic N) is 1. The second-order valence-corrected chi connectivity index (χ2v) is 4.14. The number of benzene rings is 1. The van der Waals surface area contributed by atoms with Gasteiger partial charge in [0.25, 0.3) is 0 Å². The summed E-state index contributed by atoms with van der Waals surface area (Å²) >= 11 is 0. The fraction of sp³-hybridized carbons (Fsp3) is 0.0667. The van der Waals surface area contributed by atoms with Crippen molar-refractivity contribution in [1.82, 2.24) is 4.57 Å². The highest BCUT2D eigenvalue weighted by molar-refractivity contribution is 6.10. The van der Waals surface area contributed by atoms with E-state index in [1.165, 1.54) is 24.3 Å². The van der Waals surface area contributed by atoms with Crippen molar-refractivity contribution in [3.8, 4) is 0 Å². The van der Waals surface area contributed by atoms with E-state index < -0.39 is 0 Å². The Morgan fingerprint density at radius 3 is 2.53 bits per heavy atom. The first-order valence-electron chi connectivity index (χ1n) is 5.78. The molecular weight excluding hydrogens is 243 g/mol. The summed E-state index contributed by atoms with van der Waals surface area (Å²) < 4.78 is 14.3. The molecule has 2 rings (SSSR count). The van der Waals surface area contributed by atoms with Gasteiger partial charge in [0.2, 0.25) is 0 Å². The zero-order chi connectivity index (χ0) is 13.8. The van der Waals surface area contributed by atoms with E-state index in [-0.39, 0.29) is 17.1 Å². The molecule has 0 bridgehead atoms. The minimum Gasteiger partial charge on any atom is -0.309 e. The summed E-state index contributed by atoms with van der Waals surface area (Å²) in [5, 5.41) is 7.70. The van der Waals surface area contributed by atoms with Crippen LogP contribution >= 0.6 is 0 Å². The van der Waals surface area contributed by atoms with Gasteiger partial charge in [-0.1, -0.05) is 6.07 Å². The third-order valence-electron chi connectivity index (χ3n) is 2.69. The van der Waals surface area contributed by atoms with Crippen molar-refractivity contribution in [3.63, 3.8) is 0 Å². The van der Waals surface area contributed by atoms with Gasteiger partial charge in [0.05, 0.1) is 0 Å². The Hall–Kier alpha value is -2.49. The van der Waals surface area contributed by atoms with Crippen molar-refractivity contribution >= 4 is 12.0 Å². The lowest BCUT2D eigenvalue weighted by Gasteiger charge is -2.04. The van der Waals surface area contributed by atoms with Crippen molar-refractivity contribution in [2.24, 2.45) is 0 Å². The number of allylic oxidation sites excluding steroid dienone is 1. The Morgan fingerprint density at radius 1 is 1.21 bits per heavy atom. The molecule has 1 aromatic heterocycles. The second-order valence-electron chi connectivity index (χ2n) is 4.14. The minimum atomic E-state index is -0.371. The zero-order valence-electron chi connectivity index (χ0n) is 10.4. The van der Waals surface area contributed by atoms with Crippen LogP contribution in [0.4, 0.5) is 4.39 Å². The topological polar surface area (TPSA) is 45.9 Å². The van der Waals surface area contributed by atoms with Crippen molar-refractivity contribution in [2.45, 2.75) is 6.92 Å². The maximum absolute atomic E-state index is 12.8. The van der Waals surface area contributed by atoms with E-state index in [0.29, 0.717) is 11.1 Å². The molecule has 0 unspecified atom stereocenters. The highest BCUT2D eigenvalue weighted by Gasteiger charge is 2.08. The fourth-order valence-corrected chi connectivity index (χ4v) is 1.66. The minimum absolute atomic E-state index is 0.184. The van der Waals surface area contributed by atoms with Gasteiger partial charge in [-0.05, 0) is 43.3 Å². The molecular formula is C15H13FN2O. The van der Waals surface area contributed by atoms with Gasteiger partial charge in [0.15, 0.2) is 5.78 Å². The van der Waals surface area contributed by atoms with Gasteiger partial charge < -0.3 is 4.57 Å². The number of carbonyl (C=O) groups is 1. The molecule has 1 N–H and O–H groups in total. The molecule has 1 aromatic carbocycles. The van der Waals surface area contributed by atoms with Gasteiger partial charge in [-0.15, -0.1) is 0 Å². The van der Waals surface area contributed by atoms with E-state index >= 15 is 0 Å². The molecule has 0 aliphatic rings. The third kappa shape index (κ3) is 3.04. The summed E-state index contributed by atoms with van der Waals surface area (Å²) in [7, 11) is 0. The average molecular weight is 256 g/mol. The smallest absolute Gasteiger partial charge is 0.190 e. The molecule has 0 radical (unpaired) electrons. The van der Waals surface area contributed by atoms with Crippen LogP contribution in [0.25, 0.3) is 6.20 Å². The molecule has 4 heteroatoms. The molecule has 1 heterocycles. The Balaban J connectivity index is 2.32. The lowest BCUT2D eigenvalue weighted by molar-refractivity contribution is 0.103. The summed E-state index contributed by atoms with van der Waals surface area (Å²) in [5.74, 6) is -0.556. The number of hydrogen-bond acceptors (Lipinski definition) is 2. The molecule has 0 amide bonds. The number of aromatic nitrogens is 1. The van der Waals surface area contributed by atoms with E-state index in [0.717, 1.165) is 0 Å². The van der Waals surface area contributed by atoms with Crippen LogP contribution in [-0.2, 0) is 0 Å². The maximum Gasteiger partial charge on any atom is 0.190 e. The number of carbonyl (C=O) groups excluding carboxylic acids is 1. The number of Topliss-reactive ketones (excluding diaryl/α,β-unsaturated/α-hetero) is 1. The lowest BCUT2D eigenvalue weighted by atomic mass is 10.1. The Bertz CT molecular complexity index is 684. The molecule has 0 aliphatic heterocycles. The highest BCUT2D eigenvalue weighted by atomic mass is 19.1. The van der Waals surface area contributed by atoms with E-state index in [4.69, 9.17) is 5.41 Å². The number of halogens is 1. The third-order valence-corrected chi connectivity index (χ3v) is 2.69. The first-order valence-corrected chi connectivity index (χ1v) is 5.78. The van der Waals surface area contributed by atoms with Crippen LogP contribution in [0.2, 0.25) is 0 Å². The molecule has 0 aliphatic carbocycles. The summed E-state index contributed by atoms with van der Waals surface area (Å²) in [6.07, 6.45) is 3.29. The Labute approximate surface area is 110 Å². The molecule has 0 saturated heterocycles. The summed E-state index contributed by atoms with van der Waals surface area (Å²) in [6, 6.07) is 10.6. The van der Waals surface area contributed by atoms with Gasteiger partial charge in [-0.2, -0.15) is 0 Å². The largest absolute Gasteiger partial charge is 0.309 e. The van der Waals surface area contributed by atoms with Crippen LogP contribution in [0, 0.1) is 11.2 Å². The zero-order valence-corrected chi connectivity index (χ0v) is 10.4. The first-order chi connectivity index (χ1) is 9.08. The molecule has 0 fully saturated rings. The number of rotatable bonds is 3. The van der Waals surface area contributed by atoms with Gasteiger partial charge >= 0.3 is 0 Å². The van der Waals surface area contributed by atoms with Gasteiger partial charge in [0.1, 0.15) is 11.3 Å². The molecule has 96 valence electrons. The quantitative estimate of drug-likeness (QED) is 0.666. The summed E-state index contributed by atoms with van der Waals surface area (Å²) in [4.78, 5) is 12.1. The van der Waals surface area contributed by atoms with E-state index in [1.54, 1.807) is 42.1 Å².